The molecule has 2 aromatic heterocycles. The number of aromatic nitrogens is 3. The third-order valence-electron chi connectivity index (χ3n) is 3.48. The zero-order chi connectivity index (χ0) is 16.2. The molecule has 0 radical (unpaired) electrons. The maximum atomic E-state index is 13.0. The van der Waals surface area contributed by atoms with E-state index in [1.165, 1.54) is 12.1 Å². The average molecular weight is 330 g/mol. The third-order valence-corrected chi connectivity index (χ3v) is 4.47. The van der Waals surface area contributed by atoms with E-state index in [-0.39, 0.29) is 23.5 Å². The molecular formula is C16H15FN4OS. The highest BCUT2D eigenvalue weighted by Gasteiger charge is 2.21. The topological polar surface area (TPSA) is 70.7 Å². The summed E-state index contributed by atoms with van der Waals surface area (Å²) < 4.78 is 13.0. The van der Waals surface area contributed by atoms with E-state index in [0.717, 1.165) is 11.3 Å². The molecule has 0 aliphatic heterocycles. The molecule has 3 aromatic rings. The van der Waals surface area contributed by atoms with Crippen molar-refractivity contribution in [2.75, 3.05) is 0 Å². The molecule has 0 saturated heterocycles. The summed E-state index contributed by atoms with van der Waals surface area (Å²) in [5.41, 5.74) is 1.24. The smallest absolute Gasteiger partial charge is 0.274 e. The number of thiophene rings is 1. The molecule has 0 saturated carbocycles. The monoisotopic (exact) mass is 330 g/mol. The largest absolute Gasteiger partial charge is 0.343 e. The van der Waals surface area contributed by atoms with Gasteiger partial charge in [-0.2, -0.15) is 15.4 Å². The number of halogens is 1. The summed E-state index contributed by atoms with van der Waals surface area (Å²) >= 11 is 1.60. The SMILES string of the molecule is CC[C@H](NC(=O)c1n[nH]nc1-c1ccc(F)cc1)c1cccs1. The maximum Gasteiger partial charge on any atom is 0.274 e. The van der Waals surface area contributed by atoms with Crippen LogP contribution in [0.4, 0.5) is 4.39 Å². The summed E-state index contributed by atoms with van der Waals surface area (Å²) in [5.74, 6) is -0.648. The highest BCUT2D eigenvalue weighted by Crippen LogP contribution is 2.24. The van der Waals surface area contributed by atoms with Crippen molar-refractivity contribution in [3.8, 4) is 11.3 Å². The van der Waals surface area contributed by atoms with Crippen molar-refractivity contribution < 1.29 is 9.18 Å². The number of nitrogens with one attached hydrogen (secondary N) is 2. The zero-order valence-electron chi connectivity index (χ0n) is 12.4. The van der Waals surface area contributed by atoms with Gasteiger partial charge in [-0.15, -0.1) is 11.3 Å². The molecule has 1 aromatic carbocycles. The van der Waals surface area contributed by atoms with Crippen LogP contribution in [0.1, 0.15) is 34.8 Å². The van der Waals surface area contributed by atoms with Gasteiger partial charge in [0.25, 0.3) is 5.91 Å². The van der Waals surface area contributed by atoms with E-state index >= 15 is 0 Å². The van der Waals surface area contributed by atoms with E-state index in [1.807, 2.05) is 24.4 Å². The van der Waals surface area contributed by atoms with Crippen molar-refractivity contribution in [3.63, 3.8) is 0 Å². The summed E-state index contributed by atoms with van der Waals surface area (Å²) in [6.45, 7) is 2.01. The molecule has 1 amide bonds. The average Bonchev–Trinajstić information content (AvgIpc) is 3.24. The molecule has 7 heteroatoms. The van der Waals surface area contributed by atoms with Crippen LogP contribution in [0.3, 0.4) is 0 Å². The van der Waals surface area contributed by atoms with Crippen LogP contribution in [-0.2, 0) is 0 Å². The first-order valence-electron chi connectivity index (χ1n) is 7.20. The Hall–Kier alpha value is -2.54. The van der Waals surface area contributed by atoms with Gasteiger partial charge in [-0.3, -0.25) is 4.79 Å². The first-order chi connectivity index (χ1) is 11.2. The van der Waals surface area contributed by atoms with E-state index in [4.69, 9.17) is 0 Å². The van der Waals surface area contributed by atoms with Crippen LogP contribution in [-0.4, -0.2) is 21.3 Å². The number of nitrogens with zero attached hydrogens (tertiary/aromatic N) is 2. The minimum absolute atomic E-state index is 0.0692. The van der Waals surface area contributed by atoms with Gasteiger partial charge in [-0.1, -0.05) is 13.0 Å². The second kappa shape index (κ2) is 6.70. The van der Waals surface area contributed by atoms with Gasteiger partial charge in [-0.25, -0.2) is 4.39 Å². The van der Waals surface area contributed by atoms with Crippen molar-refractivity contribution in [1.82, 2.24) is 20.7 Å². The van der Waals surface area contributed by atoms with Gasteiger partial charge in [0.1, 0.15) is 11.5 Å². The number of hydrogen-bond donors (Lipinski definition) is 2. The van der Waals surface area contributed by atoms with E-state index in [1.54, 1.807) is 23.5 Å². The molecule has 0 unspecified atom stereocenters. The van der Waals surface area contributed by atoms with Gasteiger partial charge >= 0.3 is 0 Å². The lowest BCUT2D eigenvalue weighted by atomic mass is 10.1. The number of rotatable bonds is 5. The van der Waals surface area contributed by atoms with E-state index in [0.29, 0.717) is 11.3 Å². The number of amides is 1. The second-order valence-corrected chi connectivity index (χ2v) is 5.96. The van der Waals surface area contributed by atoms with Crippen molar-refractivity contribution >= 4 is 17.2 Å². The van der Waals surface area contributed by atoms with Crippen LogP contribution in [0.15, 0.2) is 41.8 Å². The molecule has 0 aliphatic rings. The Kier molecular flexibility index (Phi) is 4.47. The fourth-order valence-electron chi connectivity index (χ4n) is 2.29. The number of hydrogen-bond acceptors (Lipinski definition) is 4. The van der Waals surface area contributed by atoms with E-state index in [9.17, 15) is 9.18 Å². The normalized spacial score (nSPS) is 12.1. The summed E-state index contributed by atoms with van der Waals surface area (Å²) in [6, 6.07) is 9.66. The minimum Gasteiger partial charge on any atom is -0.343 e. The molecule has 0 bridgehead atoms. The lowest BCUT2D eigenvalue weighted by molar-refractivity contribution is 0.0932. The first kappa shape index (κ1) is 15.4. The van der Waals surface area contributed by atoms with Crippen LogP contribution in [0, 0.1) is 5.82 Å². The van der Waals surface area contributed by atoms with Gasteiger partial charge in [0.2, 0.25) is 0 Å². The number of benzene rings is 1. The van der Waals surface area contributed by atoms with Crippen LogP contribution < -0.4 is 5.32 Å². The van der Waals surface area contributed by atoms with Crippen molar-refractivity contribution in [2.24, 2.45) is 0 Å². The quantitative estimate of drug-likeness (QED) is 0.751. The van der Waals surface area contributed by atoms with Crippen molar-refractivity contribution in [2.45, 2.75) is 19.4 Å². The van der Waals surface area contributed by atoms with E-state index < -0.39 is 0 Å². The molecule has 5 nitrogen and oxygen atoms in total. The molecule has 2 N–H and O–H groups in total. The maximum absolute atomic E-state index is 13.0. The zero-order valence-corrected chi connectivity index (χ0v) is 13.2. The molecule has 2 heterocycles. The summed E-state index contributed by atoms with van der Waals surface area (Å²) in [6.07, 6.45) is 0.774. The van der Waals surface area contributed by atoms with Gasteiger partial charge in [0.05, 0.1) is 6.04 Å². The Balaban J connectivity index is 1.83. The van der Waals surface area contributed by atoms with Gasteiger partial charge in [-0.05, 0) is 42.1 Å². The summed E-state index contributed by atoms with van der Waals surface area (Å²) in [7, 11) is 0. The van der Waals surface area contributed by atoms with Crippen LogP contribution in [0.25, 0.3) is 11.3 Å². The predicted molar refractivity (Wildman–Crippen MR) is 86.6 cm³/mol. The third kappa shape index (κ3) is 3.29. The lowest BCUT2D eigenvalue weighted by Crippen LogP contribution is -2.28. The Bertz CT molecular complexity index is 783. The number of carbonyl (C=O) groups excluding carboxylic acids is 1. The molecular weight excluding hydrogens is 315 g/mol. The number of aromatic amines is 1. The molecule has 3 rings (SSSR count). The van der Waals surface area contributed by atoms with Gasteiger partial charge in [0, 0.05) is 10.4 Å². The summed E-state index contributed by atoms with van der Waals surface area (Å²) in [5, 5.41) is 15.4. The Morgan fingerprint density at radius 1 is 1.30 bits per heavy atom. The summed E-state index contributed by atoms with van der Waals surface area (Å²) in [4.78, 5) is 13.6. The van der Waals surface area contributed by atoms with Crippen LogP contribution in [0.5, 0.6) is 0 Å². The second-order valence-electron chi connectivity index (χ2n) is 4.98. The highest BCUT2D eigenvalue weighted by atomic mass is 32.1. The fraction of sp³-hybridized carbons (Fsp3) is 0.188. The minimum atomic E-state index is -0.341. The highest BCUT2D eigenvalue weighted by molar-refractivity contribution is 7.10. The number of H-pyrrole nitrogens is 1. The Morgan fingerprint density at radius 3 is 2.74 bits per heavy atom. The van der Waals surface area contributed by atoms with Crippen molar-refractivity contribution in [3.05, 3.63) is 58.2 Å². The predicted octanol–water partition coefficient (Wildman–Crippen LogP) is 3.55. The first-order valence-corrected chi connectivity index (χ1v) is 8.08. The Labute approximate surface area is 136 Å². The van der Waals surface area contributed by atoms with Gasteiger partial charge < -0.3 is 5.32 Å². The standard InChI is InChI=1S/C16H15FN4OS/c1-2-12(13-4-3-9-23-13)18-16(22)15-14(19-21-20-15)10-5-7-11(17)8-6-10/h3-9,12H,2H2,1H3,(H,18,22)(H,19,20,21)/t12-/m0/s1. The van der Waals surface area contributed by atoms with Crippen LogP contribution in [0.2, 0.25) is 0 Å². The van der Waals surface area contributed by atoms with Crippen LogP contribution >= 0.6 is 11.3 Å². The molecule has 0 fully saturated rings. The van der Waals surface area contributed by atoms with Crippen molar-refractivity contribution in [1.29, 1.82) is 0 Å². The Morgan fingerprint density at radius 2 is 2.09 bits per heavy atom. The molecule has 118 valence electrons. The lowest BCUT2D eigenvalue weighted by Gasteiger charge is -2.14. The molecule has 23 heavy (non-hydrogen) atoms. The van der Waals surface area contributed by atoms with Gasteiger partial charge in [0.15, 0.2) is 5.69 Å². The molecule has 1 atom stereocenters. The fourth-order valence-corrected chi connectivity index (χ4v) is 3.15. The molecule has 0 spiro atoms. The number of carbonyl (C=O) groups is 1. The van der Waals surface area contributed by atoms with E-state index in [2.05, 4.69) is 20.7 Å². The molecule has 0 aliphatic carbocycles.